The molecule has 0 bridgehead atoms. The number of ether oxygens (including phenoxy) is 2. The second-order valence-electron chi connectivity index (χ2n) is 8.10. The summed E-state index contributed by atoms with van der Waals surface area (Å²) < 4.78 is 22.8. The van der Waals surface area contributed by atoms with E-state index >= 15 is 0 Å². The Balaban J connectivity index is 0. The normalized spacial score (nSPS) is 13.2. The number of thiol groups is 1. The van der Waals surface area contributed by atoms with Crippen molar-refractivity contribution in [2.45, 2.75) is 72.5 Å². The first-order chi connectivity index (χ1) is 10.2. The number of hydrogen-bond donors (Lipinski definition) is 1. The van der Waals surface area contributed by atoms with Gasteiger partial charge in [0.1, 0.15) is 11.2 Å². The molecule has 24 heavy (non-hydrogen) atoms. The van der Waals surface area contributed by atoms with Crippen molar-refractivity contribution in [2.75, 3.05) is 17.8 Å². The molecule has 0 radical (unpaired) electrons. The first-order valence-corrected chi connectivity index (χ1v) is 10.7. The molecule has 2 N–H and O–H groups in total. The van der Waals surface area contributed by atoms with Crippen LogP contribution >= 0.6 is 0 Å². The highest BCUT2D eigenvalue weighted by Gasteiger charge is 2.34. The van der Waals surface area contributed by atoms with Gasteiger partial charge in [-0.05, 0) is 66.4 Å². The minimum atomic E-state index is -2.18. The van der Waals surface area contributed by atoms with Crippen LogP contribution in [0.2, 0.25) is 0 Å². The van der Waals surface area contributed by atoms with E-state index in [1.807, 2.05) is 6.92 Å². The molecule has 0 aliphatic heterocycles. The summed E-state index contributed by atoms with van der Waals surface area (Å²) in [7, 11) is -2.18. The van der Waals surface area contributed by atoms with Crippen LogP contribution < -0.4 is 0 Å². The Labute approximate surface area is 147 Å². The Bertz CT molecular complexity index is 431. The molecule has 0 saturated carbocycles. The average Bonchev–Trinajstić information content (AvgIpc) is 2.29. The maximum atomic E-state index is 12.3. The Kier molecular flexibility index (Phi) is 10.0. The lowest BCUT2D eigenvalue weighted by Crippen LogP contribution is -2.37. The topological polar surface area (TPSA) is 101 Å². The van der Waals surface area contributed by atoms with Gasteiger partial charge in [-0.2, -0.15) is 0 Å². The fraction of sp³-hybridized carbons (Fsp3) is 0.882. The second kappa shape index (κ2) is 9.51. The molecule has 0 amide bonds. The number of hydrogen-bond acceptors (Lipinski definition) is 5. The summed E-state index contributed by atoms with van der Waals surface area (Å²) in [6, 6.07) is 0. The molecule has 146 valence electrons. The zero-order valence-electron chi connectivity index (χ0n) is 16.4. The lowest BCUT2D eigenvalue weighted by molar-refractivity contribution is -0.174. The third kappa shape index (κ3) is 11.6. The van der Waals surface area contributed by atoms with Crippen LogP contribution in [0.5, 0.6) is 0 Å². The molecule has 0 spiro atoms. The molecular weight excluding hydrogens is 332 g/mol. The van der Waals surface area contributed by atoms with E-state index in [0.29, 0.717) is 24.3 Å². The Morgan fingerprint density at radius 1 is 0.958 bits per heavy atom. The lowest BCUT2D eigenvalue weighted by atomic mass is 10.0. The maximum absolute atomic E-state index is 12.3. The summed E-state index contributed by atoms with van der Waals surface area (Å²) in [5.41, 5.74) is -1.33. The molecule has 0 rings (SSSR count). The maximum Gasteiger partial charge on any atom is 0.320 e. The molecule has 7 heteroatoms. The van der Waals surface area contributed by atoms with Crippen molar-refractivity contribution in [1.29, 1.82) is 0 Å². The summed E-state index contributed by atoms with van der Waals surface area (Å²) in [4.78, 5) is 24.6. The third-order valence-corrected chi connectivity index (χ3v) is 5.78. The Hall–Kier alpha value is -0.950. The van der Waals surface area contributed by atoms with Crippen molar-refractivity contribution in [3.05, 3.63) is 0 Å². The molecular formula is C17H36O6S. The van der Waals surface area contributed by atoms with Gasteiger partial charge < -0.3 is 14.9 Å². The van der Waals surface area contributed by atoms with E-state index in [2.05, 4.69) is 0 Å². The molecule has 0 unspecified atom stereocenters. The Morgan fingerprint density at radius 2 is 1.33 bits per heavy atom. The highest BCUT2D eigenvalue weighted by Crippen LogP contribution is 2.20. The first-order valence-electron chi connectivity index (χ1n) is 8.18. The molecule has 0 aliphatic rings. The van der Waals surface area contributed by atoms with Crippen LogP contribution in [0.25, 0.3) is 0 Å². The average molecular weight is 369 g/mol. The van der Waals surface area contributed by atoms with Gasteiger partial charge in [0.05, 0.1) is 0 Å². The van der Waals surface area contributed by atoms with Crippen LogP contribution in [-0.4, -0.2) is 50.6 Å². The molecule has 6 nitrogen and oxygen atoms in total. The summed E-state index contributed by atoms with van der Waals surface area (Å²) in [5, 5.41) is 0. The molecule has 0 aromatic rings. The monoisotopic (exact) mass is 368 g/mol. The van der Waals surface area contributed by atoms with Crippen molar-refractivity contribution >= 4 is 21.9 Å². The lowest BCUT2D eigenvalue weighted by Gasteiger charge is -2.26. The van der Waals surface area contributed by atoms with Crippen molar-refractivity contribution in [3.63, 3.8) is 0 Å². The molecule has 0 aromatic carbocycles. The number of carbonyl (C=O) groups excluding carboxylic acids is 2. The smallest absolute Gasteiger partial charge is 0.320 e. The van der Waals surface area contributed by atoms with Crippen molar-refractivity contribution in [2.24, 2.45) is 5.92 Å². The van der Waals surface area contributed by atoms with E-state index in [9.17, 15) is 13.8 Å². The van der Waals surface area contributed by atoms with Crippen LogP contribution in [0.4, 0.5) is 0 Å². The zero-order valence-corrected chi connectivity index (χ0v) is 17.3. The van der Waals surface area contributed by atoms with E-state index in [4.69, 9.17) is 9.47 Å². The number of carbonyl (C=O) groups is 2. The van der Waals surface area contributed by atoms with Gasteiger partial charge in [0.25, 0.3) is 0 Å². The molecule has 0 fully saturated rings. The van der Waals surface area contributed by atoms with Crippen LogP contribution in [0, 0.1) is 5.92 Å². The van der Waals surface area contributed by atoms with E-state index in [-0.39, 0.29) is 5.48 Å². The number of rotatable bonds is 7. The predicted octanol–water partition coefficient (Wildman–Crippen LogP) is 1.91. The molecule has 0 aliphatic carbocycles. The second-order valence-corrected chi connectivity index (χ2v) is 11.8. The molecule has 0 atom stereocenters. The summed E-state index contributed by atoms with van der Waals surface area (Å²) in [6.45, 7) is 12.4. The SMILES string of the molecule is CC[SH](C)(=O)CCCC(C(=O)OC(C)(C)C)C(=O)OC(C)(C)C.O. The third-order valence-electron chi connectivity index (χ3n) is 3.18. The van der Waals surface area contributed by atoms with Crippen molar-refractivity contribution in [1.82, 2.24) is 0 Å². The summed E-state index contributed by atoms with van der Waals surface area (Å²) in [5.74, 6) is -0.976. The first kappa shape index (κ1) is 25.3. The van der Waals surface area contributed by atoms with Crippen LogP contribution in [0.3, 0.4) is 0 Å². The van der Waals surface area contributed by atoms with Gasteiger partial charge in [0.2, 0.25) is 0 Å². The number of esters is 2. The van der Waals surface area contributed by atoms with Gasteiger partial charge in [0, 0.05) is 5.75 Å². The Morgan fingerprint density at radius 3 is 1.62 bits per heavy atom. The largest absolute Gasteiger partial charge is 0.459 e. The molecule has 0 heterocycles. The highest BCUT2D eigenvalue weighted by atomic mass is 32.2. The van der Waals surface area contributed by atoms with Crippen LogP contribution in [0.15, 0.2) is 0 Å². The van der Waals surface area contributed by atoms with Gasteiger partial charge in [-0.3, -0.25) is 13.8 Å². The van der Waals surface area contributed by atoms with Gasteiger partial charge in [-0.1, -0.05) is 6.92 Å². The van der Waals surface area contributed by atoms with Gasteiger partial charge in [0.15, 0.2) is 5.92 Å². The molecule has 0 aromatic heterocycles. The van der Waals surface area contributed by atoms with Crippen LogP contribution in [0.1, 0.15) is 61.3 Å². The fourth-order valence-electron chi connectivity index (χ4n) is 1.87. The van der Waals surface area contributed by atoms with Crippen molar-refractivity contribution in [3.8, 4) is 0 Å². The summed E-state index contributed by atoms with van der Waals surface area (Å²) in [6.07, 6.45) is 2.58. The minimum Gasteiger partial charge on any atom is -0.459 e. The van der Waals surface area contributed by atoms with E-state index in [0.717, 1.165) is 0 Å². The molecule has 0 saturated heterocycles. The zero-order chi connectivity index (χ0) is 18.5. The quantitative estimate of drug-likeness (QED) is 0.420. The van der Waals surface area contributed by atoms with E-state index < -0.39 is 39.0 Å². The summed E-state index contributed by atoms with van der Waals surface area (Å²) >= 11 is 0. The predicted molar refractivity (Wildman–Crippen MR) is 98.9 cm³/mol. The highest BCUT2D eigenvalue weighted by molar-refractivity contribution is 8.02. The van der Waals surface area contributed by atoms with Gasteiger partial charge >= 0.3 is 11.9 Å². The van der Waals surface area contributed by atoms with Gasteiger partial charge in [-0.25, -0.2) is 0 Å². The standard InChI is InChI=1S/C17H34O5S.H2O/c1-9-23(8,20)12-10-11-13(14(18)21-16(2,3)4)15(19)22-17(5,6)7;/h13,23H,9-12H2,1-8H3;1H2. The fourth-order valence-corrected chi connectivity index (χ4v) is 3.03. The van der Waals surface area contributed by atoms with E-state index in [1.165, 1.54) is 0 Å². The van der Waals surface area contributed by atoms with Crippen molar-refractivity contribution < 1.29 is 28.7 Å². The minimum absolute atomic E-state index is 0. The van der Waals surface area contributed by atoms with Gasteiger partial charge in [-0.15, -0.1) is 9.93 Å². The van der Waals surface area contributed by atoms with Crippen LogP contribution in [-0.2, 0) is 29.0 Å². The van der Waals surface area contributed by atoms with E-state index in [1.54, 1.807) is 47.8 Å².